The molecule has 6 nitrogen and oxygen atoms in total. The molecule has 1 amide bonds. The maximum absolute atomic E-state index is 12.8. The van der Waals surface area contributed by atoms with E-state index in [1.807, 2.05) is 13.8 Å². The second kappa shape index (κ2) is 8.45. The van der Waals surface area contributed by atoms with E-state index in [1.165, 1.54) is 6.42 Å². The first-order chi connectivity index (χ1) is 12.9. The fourth-order valence-electron chi connectivity index (χ4n) is 4.65. The minimum atomic E-state index is -0.0427. The highest BCUT2D eigenvalue weighted by Crippen LogP contribution is 2.28. The number of rotatable bonds is 5. The monoisotopic (exact) mass is 372 g/mol. The maximum atomic E-state index is 12.8. The third kappa shape index (κ3) is 4.53. The van der Waals surface area contributed by atoms with E-state index in [1.54, 1.807) is 0 Å². The number of hydrogen-bond donors (Lipinski definition) is 1. The summed E-state index contributed by atoms with van der Waals surface area (Å²) in [5.74, 6) is 1.82. The molecule has 27 heavy (non-hydrogen) atoms. The molecule has 3 rings (SSSR count). The molecule has 2 saturated heterocycles. The van der Waals surface area contributed by atoms with Crippen LogP contribution in [-0.2, 0) is 16.1 Å². The SMILES string of the molecule is Cc1c(C#N)c(NC(=O)CN2C[C@H](C)C[C@@H](C)C2)n(C[C@@H]2CCCO2)c1C. The van der Waals surface area contributed by atoms with Crippen LogP contribution in [0.1, 0.15) is 49.9 Å². The van der Waals surface area contributed by atoms with Gasteiger partial charge in [-0.05, 0) is 50.5 Å². The predicted molar refractivity (Wildman–Crippen MR) is 106 cm³/mol. The Bertz CT molecular complexity index is 718. The summed E-state index contributed by atoms with van der Waals surface area (Å²) >= 11 is 0. The van der Waals surface area contributed by atoms with Crippen LogP contribution < -0.4 is 5.32 Å². The van der Waals surface area contributed by atoms with E-state index in [0.717, 1.165) is 43.8 Å². The second-order valence-corrected chi connectivity index (χ2v) is 8.48. The number of nitriles is 1. The third-order valence-corrected chi connectivity index (χ3v) is 5.92. The molecule has 0 spiro atoms. The van der Waals surface area contributed by atoms with Crippen molar-refractivity contribution >= 4 is 11.7 Å². The van der Waals surface area contributed by atoms with E-state index in [2.05, 4.69) is 34.7 Å². The summed E-state index contributed by atoms with van der Waals surface area (Å²) < 4.78 is 7.83. The summed E-state index contributed by atoms with van der Waals surface area (Å²) in [5, 5.41) is 12.7. The fraction of sp³-hybridized carbons (Fsp3) is 0.714. The number of carbonyl (C=O) groups is 1. The molecule has 1 N–H and O–H groups in total. The van der Waals surface area contributed by atoms with Crippen molar-refractivity contribution in [1.82, 2.24) is 9.47 Å². The Labute approximate surface area is 162 Å². The van der Waals surface area contributed by atoms with Gasteiger partial charge in [-0.15, -0.1) is 0 Å². The van der Waals surface area contributed by atoms with Crippen LogP contribution >= 0.6 is 0 Å². The van der Waals surface area contributed by atoms with E-state index in [9.17, 15) is 10.1 Å². The van der Waals surface area contributed by atoms with Crippen molar-refractivity contribution in [3.05, 3.63) is 16.8 Å². The standard InChI is InChI=1S/C21H32N4O2/c1-14-8-15(2)11-24(10-14)13-20(26)23-21-19(9-22)16(3)17(4)25(21)12-18-6-5-7-27-18/h14-15,18H,5-8,10-13H2,1-4H3,(H,23,26)/t14-,15-,18+/m1/s1. The topological polar surface area (TPSA) is 70.3 Å². The van der Waals surface area contributed by atoms with Gasteiger partial charge in [0.05, 0.1) is 24.8 Å². The minimum Gasteiger partial charge on any atom is -0.376 e. The van der Waals surface area contributed by atoms with Crippen molar-refractivity contribution in [2.24, 2.45) is 11.8 Å². The van der Waals surface area contributed by atoms with Gasteiger partial charge in [-0.3, -0.25) is 9.69 Å². The number of aromatic nitrogens is 1. The Morgan fingerprint density at radius 3 is 2.59 bits per heavy atom. The number of nitrogens with one attached hydrogen (secondary N) is 1. The summed E-state index contributed by atoms with van der Waals surface area (Å²) in [5.41, 5.74) is 2.53. The Morgan fingerprint density at radius 1 is 1.30 bits per heavy atom. The average Bonchev–Trinajstić information content (AvgIpc) is 3.17. The molecule has 3 heterocycles. The molecule has 0 aromatic carbocycles. The molecule has 0 aliphatic carbocycles. The zero-order valence-corrected chi connectivity index (χ0v) is 17.0. The minimum absolute atomic E-state index is 0.0427. The number of hydrogen-bond acceptors (Lipinski definition) is 4. The lowest BCUT2D eigenvalue weighted by molar-refractivity contribution is -0.118. The highest BCUT2D eigenvalue weighted by Gasteiger charge is 2.26. The summed E-state index contributed by atoms with van der Waals surface area (Å²) in [6.07, 6.45) is 3.47. The first-order valence-electron chi connectivity index (χ1n) is 10.1. The van der Waals surface area contributed by atoms with E-state index in [-0.39, 0.29) is 12.0 Å². The number of piperidine rings is 1. The van der Waals surface area contributed by atoms with Gasteiger partial charge < -0.3 is 14.6 Å². The third-order valence-electron chi connectivity index (χ3n) is 5.92. The molecule has 1 aromatic rings. The molecule has 3 atom stereocenters. The highest BCUT2D eigenvalue weighted by atomic mass is 16.5. The first kappa shape index (κ1) is 19.9. The van der Waals surface area contributed by atoms with Crippen LogP contribution in [-0.4, -0.2) is 47.7 Å². The molecule has 2 aliphatic rings. The van der Waals surface area contributed by atoms with Crippen molar-refractivity contribution in [2.75, 3.05) is 31.6 Å². The van der Waals surface area contributed by atoms with Gasteiger partial charge >= 0.3 is 0 Å². The van der Waals surface area contributed by atoms with Gasteiger partial charge in [-0.2, -0.15) is 5.26 Å². The molecule has 0 saturated carbocycles. The Kier molecular flexibility index (Phi) is 6.23. The quantitative estimate of drug-likeness (QED) is 0.862. The van der Waals surface area contributed by atoms with Crippen molar-refractivity contribution in [3.8, 4) is 6.07 Å². The van der Waals surface area contributed by atoms with Gasteiger partial charge in [-0.1, -0.05) is 13.8 Å². The number of nitrogens with zero attached hydrogens (tertiary/aromatic N) is 3. The van der Waals surface area contributed by atoms with Gasteiger partial charge in [-0.25, -0.2) is 0 Å². The van der Waals surface area contributed by atoms with Crippen molar-refractivity contribution in [1.29, 1.82) is 5.26 Å². The Morgan fingerprint density at radius 2 is 2.00 bits per heavy atom. The molecular weight excluding hydrogens is 340 g/mol. The lowest BCUT2D eigenvalue weighted by Gasteiger charge is -2.34. The van der Waals surface area contributed by atoms with Gasteiger partial charge in [0.1, 0.15) is 11.9 Å². The number of ether oxygens (including phenoxy) is 1. The lowest BCUT2D eigenvalue weighted by atomic mass is 9.92. The average molecular weight is 373 g/mol. The van der Waals surface area contributed by atoms with Crippen LogP contribution in [0.5, 0.6) is 0 Å². The fourth-order valence-corrected chi connectivity index (χ4v) is 4.65. The normalized spacial score (nSPS) is 26.1. The van der Waals surface area contributed by atoms with E-state index in [4.69, 9.17) is 4.74 Å². The van der Waals surface area contributed by atoms with Crippen LogP contribution in [0, 0.1) is 37.0 Å². The smallest absolute Gasteiger partial charge is 0.239 e. The van der Waals surface area contributed by atoms with Crippen LogP contribution in [0.4, 0.5) is 5.82 Å². The number of carbonyl (C=O) groups excluding carboxylic acids is 1. The molecular formula is C21H32N4O2. The summed E-state index contributed by atoms with van der Waals surface area (Å²) in [4.78, 5) is 15.0. The number of likely N-dealkylation sites (tertiary alicyclic amines) is 1. The van der Waals surface area contributed by atoms with Crippen molar-refractivity contribution in [3.63, 3.8) is 0 Å². The Hall–Kier alpha value is -1.84. The van der Waals surface area contributed by atoms with E-state index < -0.39 is 0 Å². The number of amides is 1. The van der Waals surface area contributed by atoms with Gasteiger partial charge in [0.25, 0.3) is 0 Å². The zero-order chi connectivity index (χ0) is 19.6. The molecule has 1 aromatic heterocycles. The predicted octanol–water partition coefficient (Wildman–Crippen LogP) is 3.07. The van der Waals surface area contributed by atoms with Crippen LogP contribution in [0.15, 0.2) is 0 Å². The number of anilines is 1. The summed E-state index contributed by atoms with van der Waals surface area (Å²) in [6.45, 7) is 12.2. The highest BCUT2D eigenvalue weighted by molar-refractivity contribution is 5.93. The van der Waals surface area contributed by atoms with Crippen molar-refractivity contribution in [2.45, 2.75) is 59.6 Å². The lowest BCUT2D eigenvalue weighted by Crippen LogP contribution is -2.43. The Balaban J connectivity index is 1.75. The molecule has 148 valence electrons. The maximum Gasteiger partial charge on any atom is 0.239 e. The molecule has 0 bridgehead atoms. The summed E-state index contributed by atoms with van der Waals surface area (Å²) in [6, 6.07) is 2.28. The summed E-state index contributed by atoms with van der Waals surface area (Å²) in [7, 11) is 0. The molecule has 2 fully saturated rings. The molecule has 0 unspecified atom stereocenters. The van der Waals surface area contributed by atoms with Gasteiger partial charge in [0.2, 0.25) is 5.91 Å². The van der Waals surface area contributed by atoms with Crippen LogP contribution in [0.3, 0.4) is 0 Å². The second-order valence-electron chi connectivity index (χ2n) is 8.48. The first-order valence-corrected chi connectivity index (χ1v) is 10.1. The largest absolute Gasteiger partial charge is 0.376 e. The molecule has 6 heteroatoms. The molecule has 0 radical (unpaired) electrons. The van der Waals surface area contributed by atoms with Crippen LogP contribution in [0.25, 0.3) is 0 Å². The van der Waals surface area contributed by atoms with Crippen LogP contribution in [0.2, 0.25) is 0 Å². The van der Waals surface area contributed by atoms with Gasteiger partial charge in [0, 0.05) is 25.4 Å². The van der Waals surface area contributed by atoms with Gasteiger partial charge in [0.15, 0.2) is 0 Å². The van der Waals surface area contributed by atoms with Crippen molar-refractivity contribution < 1.29 is 9.53 Å². The molecule has 2 aliphatic heterocycles. The van der Waals surface area contributed by atoms with E-state index in [0.29, 0.717) is 36.3 Å². The van der Waals surface area contributed by atoms with E-state index >= 15 is 0 Å². The zero-order valence-electron chi connectivity index (χ0n) is 17.0.